The van der Waals surface area contributed by atoms with Gasteiger partial charge in [0.15, 0.2) is 5.65 Å². The molecule has 25 heavy (non-hydrogen) atoms. The number of aryl methyl sites for hydroxylation is 1. The molecule has 0 aliphatic carbocycles. The Labute approximate surface area is 155 Å². The third-order valence-corrected chi connectivity index (χ3v) is 4.21. The molecule has 0 radical (unpaired) electrons. The van der Waals surface area contributed by atoms with Crippen LogP contribution in [0.3, 0.4) is 0 Å². The van der Waals surface area contributed by atoms with Gasteiger partial charge in [0, 0.05) is 41.0 Å². The summed E-state index contributed by atoms with van der Waals surface area (Å²) in [5.41, 5.74) is 1.34. The first-order valence-corrected chi connectivity index (χ1v) is 9.00. The Balaban J connectivity index is 1.67. The zero-order valence-corrected chi connectivity index (χ0v) is 15.0. The van der Waals surface area contributed by atoms with Gasteiger partial charge in [-0.2, -0.15) is 10.2 Å². The molecule has 0 saturated heterocycles. The molecule has 0 fully saturated rings. The molecule has 7 nitrogen and oxygen atoms in total. The number of nitrogens with one attached hydrogen (secondary N) is 1. The fraction of sp³-hybridized carbons (Fsp3) is 0.125. The van der Waals surface area contributed by atoms with Crippen LogP contribution in [0, 0.1) is 5.82 Å². The molecule has 3 aromatic heterocycles. The summed E-state index contributed by atoms with van der Waals surface area (Å²) in [6.07, 6.45) is 6.50. The topological polar surface area (TPSA) is 77.1 Å². The summed E-state index contributed by atoms with van der Waals surface area (Å²) in [4.78, 5) is 16.6. The Morgan fingerprint density at radius 1 is 1.36 bits per heavy atom. The van der Waals surface area contributed by atoms with E-state index >= 15 is 0 Å². The lowest BCUT2D eigenvalue weighted by molar-refractivity contribution is 0.102. The van der Waals surface area contributed by atoms with E-state index in [1.807, 2.05) is 6.20 Å². The summed E-state index contributed by atoms with van der Waals surface area (Å²) in [5.74, 6) is -1.00. The quantitative estimate of drug-likeness (QED) is 0.383. The largest absolute Gasteiger partial charge is 0.319 e. The lowest BCUT2D eigenvalue weighted by Crippen LogP contribution is -2.13. The molecular weight excluding hydrogens is 438 g/mol. The van der Waals surface area contributed by atoms with Crippen LogP contribution in [0.2, 0.25) is 0 Å². The van der Waals surface area contributed by atoms with Gasteiger partial charge in [-0.3, -0.25) is 9.48 Å². The van der Waals surface area contributed by atoms with E-state index in [0.717, 1.165) is 16.4 Å². The number of carbonyl (C=O) groups excluding carboxylic acids is 1. The smallest absolute Gasteiger partial charge is 0.261 e. The van der Waals surface area contributed by atoms with E-state index in [1.165, 1.54) is 16.8 Å². The lowest BCUT2D eigenvalue weighted by Gasteiger charge is -2.05. The second-order valence-corrected chi connectivity index (χ2v) is 6.45. The number of nitrogens with zero attached hydrogens (tertiary/aromatic N) is 5. The van der Waals surface area contributed by atoms with Crippen molar-refractivity contribution < 1.29 is 9.18 Å². The third kappa shape index (κ3) is 2.95. The van der Waals surface area contributed by atoms with E-state index in [1.54, 1.807) is 29.2 Å². The van der Waals surface area contributed by atoms with E-state index in [4.69, 9.17) is 0 Å². The number of alkyl halides is 1. The minimum Gasteiger partial charge on any atom is -0.319 e. The van der Waals surface area contributed by atoms with Gasteiger partial charge in [-0.05, 0) is 12.1 Å². The van der Waals surface area contributed by atoms with Crippen molar-refractivity contribution in [1.82, 2.24) is 24.4 Å². The van der Waals surface area contributed by atoms with Crippen molar-refractivity contribution in [2.75, 3.05) is 9.74 Å². The predicted octanol–water partition coefficient (Wildman–Crippen LogP) is 2.91. The summed E-state index contributed by atoms with van der Waals surface area (Å²) in [6, 6.07) is 4.62. The summed E-state index contributed by atoms with van der Waals surface area (Å²) in [7, 11) is 0. The van der Waals surface area contributed by atoms with Crippen molar-refractivity contribution in [1.29, 1.82) is 0 Å². The molecule has 1 N–H and O–H groups in total. The number of carbonyl (C=O) groups is 1. The Bertz CT molecular complexity index is 1090. The second-order valence-electron chi connectivity index (χ2n) is 5.37. The van der Waals surface area contributed by atoms with Crippen LogP contribution in [0.25, 0.3) is 16.6 Å². The first kappa shape index (κ1) is 15.9. The van der Waals surface area contributed by atoms with Crippen LogP contribution in [-0.4, -0.2) is 34.7 Å². The van der Waals surface area contributed by atoms with Crippen molar-refractivity contribution in [3.8, 4) is 0 Å². The van der Waals surface area contributed by atoms with Gasteiger partial charge in [0.1, 0.15) is 11.4 Å². The first-order chi connectivity index (χ1) is 12.2. The number of halogens is 2. The average Bonchev–Trinajstić information content (AvgIpc) is 3.19. The first-order valence-electron chi connectivity index (χ1n) is 7.48. The van der Waals surface area contributed by atoms with Crippen molar-refractivity contribution in [3.05, 3.63) is 54.4 Å². The maximum atomic E-state index is 14.3. The van der Waals surface area contributed by atoms with Gasteiger partial charge in [0.25, 0.3) is 5.91 Å². The summed E-state index contributed by atoms with van der Waals surface area (Å²) >= 11 is 2.25. The Kier molecular flexibility index (Phi) is 4.07. The highest BCUT2D eigenvalue weighted by atomic mass is 127. The van der Waals surface area contributed by atoms with Gasteiger partial charge in [-0.15, -0.1) is 0 Å². The van der Waals surface area contributed by atoms with Crippen LogP contribution in [0.15, 0.2) is 43.0 Å². The van der Waals surface area contributed by atoms with Crippen LogP contribution in [0.1, 0.15) is 10.4 Å². The second kappa shape index (κ2) is 6.39. The van der Waals surface area contributed by atoms with Gasteiger partial charge in [-0.1, -0.05) is 22.6 Å². The van der Waals surface area contributed by atoms with Crippen LogP contribution in [0.5, 0.6) is 0 Å². The van der Waals surface area contributed by atoms with Crippen molar-refractivity contribution in [3.63, 3.8) is 0 Å². The monoisotopic (exact) mass is 450 g/mol. The van der Waals surface area contributed by atoms with Crippen LogP contribution < -0.4 is 5.32 Å². The SMILES string of the molecule is O=C(Nc1cc2cn(CCI)nc2cc1F)c1cnn2cccnc12. The highest BCUT2D eigenvalue weighted by Crippen LogP contribution is 2.23. The zero-order valence-electron chi connectivity index (χ0n) is 12.9. The minimum absolute atomic E-state index is 0.0989. The van der Waals surface area contributed by atoms with Gasteiger partial charge >= 0.3 is 0 Å². The normalized spacial score (nSPS) is 11.3. The van der Waals surface area contributed by atoms with Crippen LogP contribution in [-0.2, 0) is 6.54 Å². The van der Waals surface area contributed by atoms with Crippen molar-refractivity contribution >= 4 is 50.7 Å². The molecule has 0 aliphatic rings. The molecule has 126 valence electrons. The number of anilines is 1. The van der Waals surface area contributed by atoms with Crippen molar-refractivity contribution in [2.24, 2.45) is 0 Å². The minimum atomic E-state index is -0.537. The number of rotatable bonds is 4. The van der Waals surface area contributed by atoms with E-state index in [-0.39, 0.29) is 11.3 Å². The van der Waals surface area contributed by atoms with Crippen LogP contribution >= 0.6 is 22.6 Å². The number of aromatic nitrogens is 5. The highest BCUT2D eigenvalue weighted by molar-refractivity contribution is 14.1. The van der Waals surface area contributed by atoms with Crippen LogP contribution in [0.4, 0.5) is 10.1 Å². The standard InChI is InChI=1S/C16H12FIN6O/c17-12-7-13-10(9-23(22-13)5-2-18)6-14(12)21-16(25)11-8-20-24-4-1-3-19-15(11)24/h1,3-4,6-9H,2,5H2,(H,21,25). The van der Waals surface area contributed by atoms with E-state index in [9.17, 15) is 9.18 Å². The molecule has 0 atom stereocenters. The van der Waals surface area contributed by atoms with E-state index in [2.05, 4.69) is 43.1 Å². The number of hydrogen-bond donors (Lipinski definition) is 1. The fourth-order valence-corrected chi connectivity index (χ4v) is 3.07. The summed E-state index contributed by atoms with van der Waals surface area (Å²) in [6.45, 7) is 0.743. The molecule has 0 spiro atoms. The molecule has 9 heteroatoms. The molecule has 0 bridgehead atoms. The predicted molar refractivity (Wildman–Crippen MR) is 99.5 cm³/mol. The Morgan fingerprint density at radius 3 is 3.08 bits per heavy atom. The Morgan fingerprint density at radius 2 is 2.24 bits per heavy atom. The fourth-order valence-electron chi connectivity index (χ4n) is 2.57. The molecule has 3 heterocycles. The van der Waals surface area contributed by atoms with Gasteiger partial charge in [0.05, 0.1) is 17.4 Å². The molecular formula is C16H12FIN6O. The lowest BCUT2D eigenvalue weighted by atomic mass is 10.2. The maximum Gasteiger partial charge on any atom is 0.261 e. The van der Waals surface area contributed by atoms with Gasteiger partial charge in [0.2, 0.25) is 0 Å². The zero-order chi connectivity index (χ0) is 17.4. The Hall–Kier alpha value is -2.56. The number of benzene rings is 1. The molecule has 1 aromatic carbocycles. The van der Waals surface area contributed by atoms with E-state index in [0.29, 0.717) is 11.2 Å². The maximum absolute atomic E-state index is 14.3. The number of amides is 1. The van der Waals surface area contributed by atoms with Crippen molar-refractivity contribution in [2.45, 2.75) is 6.54 Å². The van der Waals surface area contributed by atoms with Gasteiger partial charge < -0.3 is 5.32 Å². The average molecular weight is 450 g/mol. The highest BCUT2D eigenvalue weighted by Gasteiger charge is 2.16. The summed E-state index contributed by atoms with van der Waals surface area (Å²) < 4.78 is 18.5. The van der Waals surface area contributed by atoms with Gasteiger partial charge in [-0.25, -0.2) is 13.9 Å². The number of hydrogen-bond acceptors (Lipinski definition) is 4. The third-order valence-electron chi connectivity index (χ3n) is 3.73. The van der Waals surface area contributed by atoms with E-state index < -0.39 is 11.7 Å². The molecule has 4 rings (SSSR count). The molecule has 0 unspecified atom stereocenters. The summed E-state index contributed by atoms with van der Waals surface area (Å²) in [5, 5.41) is 11.7. The molecule has 0 saturated carbocycles. The number of fused-ring (bicyclic) bond motifs is 2. The molecule has 4 aromatic rings. The molecule has 1 amide bonds. The molecule has 0 aliphatic heterocycles.